The van der Waals surface area contributed by atoms with Crippen LogP contribution in [0, 0.1) is 6.92 Å². The molecule has 7 heteroatoms. The fraction of sp³-hybridized carbons (Fsp3) is 0.111. The summed E-state index contributed by atoms with van der Waals surface area (Å²) < 4.78 is 7.27. The van der Waals surface area contributed by atoms with Crippen LogP contribution < -0.4 is 5.32 Å². The molecule has 25 heavy (non-hydrogen) atoms. The molecule has 0 radical (unpaired) electrons. The lowest BCUT2D eigenvalue weighted by Crippen LogP contribution is -2.22. The van der Waals surface area contributed by atoms with Gasteiger partial charge in [0.15, 0.2) is 11.4 Å². The molecule has 7 nitrogen and oxygen atoms in total. The average molecular weight is 333 g/mol. The van der Waals surface area contributed by atoms with Crippen molar-refractivity contribution < 1.29 is 9.21 Å². The number of nitrogens with one attached hydrogen (secondary N) is 1. The van der Waals surface area contributed by atoms with Gasteiger partial charge in [-0.05, 0) is 36.8 Å². The third-order valence-corrected chi connectivity index (χ3v) is 3.81. The van der Waals surface area contributed by atoms with Gasteiger partial charge in [0.25, 0.3) is 5.91 Å². The molecule has 4 aromatic rings. The molecule has 0 fully saturated rings. The zero-order valence-corrected chi connectivity index (χ0v) is 13.5. The lowest BCUT2D eigenvalue weighted by Gasteiger charge is -2.04. The largest absolute Gasteiger partial charge is 0.460 e. The van der Waals surface area contributed by atoms with Gasteiger partial charge in [0.2, 0.25) is 0 Å². The van der Waals surface area contributed by atoms with E-state index in [0.29, 0.717) is 23.5 Å². The first-order chi connectivity index (χ1) is 12.2. The van der Waals surface area contributed by atoms with Crippen molar-refractivity contribution >= 4 is 11.6 Å². The third kappa shape index (κ3) is 2.87. The minimum atomic E-state index is -0.237. The molecule has 0 saturated heterocycles. The zero-order valence-electron chi connectivity index (χ0n) is 13.5. The maximum absolute atomic E-state index is 12.5. The normalized spacial score (nSPS) is 10.9. The molecule has 0 aliphatic carbocycles. The Balaban J connectivity index is 1.63. The number of nitrogens with zero attached hydrogens (tertiary/aromatic N) is 4. The average Bonchev–Trinajstić information content (AvgIpc) is 3.26. The van der Waals surface area contributed by atoms with Crippen LogP contribution >= 0.6 is 0 Å². The number of aromatic nitrogens is 4. The maximum atomic E-state index is 12.5. The highest BCUT2D eigenvalue weighted by Crippen LogP contribution is 2.23. The number of aryl methyl sites for hydroxylation is 1. The van der Waals surface area contributed by atoms with Gasteiger partial charge in [-0.15, -0.1) is 0 Å². The Morgan fingerprint density at radius 1 is 1.20 bits per heavy atom. The van der Waals surface area contributed by atoms with Crippen molar-refractivity contribution in [1.29, 1.82) is 0 Å². The summed E-state index contributed by atoms with van der Waals surface area (Å²) >= 11 is 0. The molecule has 0 saturated carbocycles. The van der Waals surface area contributed by atoms with Gasteiger partial charge in [0.1, 0.15) is 17.0 Å². The second kappa shape index (κ2) is 6.20. The summed E-state index contributed by atoms with van der Waals surface area (Å²) in [7, 11) is 0. The van der Waals surface area contributed by atoms with Crippen molar-refractivity contribution in [2.45, 2.75) is 13.5 Å². The molecule has 0 aliphatic rings. The van der Waals surface area contributed by atoms with E-state index >= 15 is 0 Å². The summed E-state index contributed by atoms with van der Waals surface area (Å²) in [5, 5.41) is 7.16. The monoisotopic (exact) mass is 333 g/mol. The topological polar surface area (TPSA) is 85.3 Å². The van der Waals surface area contributed by atoms with Gasteiger partial charge in [-0.3, -0.25) is 9.78 Å². The third-order valence-electron chi connectivity index (χ3n) is 3.81. The molecule has 4 aromatic heterocycles. The Bertz CT molecular complexity index is 1040. The molecule has 4 heterocycles. The van der Waals surface area contributed by atoms with Gasteiger partial charge in [0.05, 0.1) is 6.20 Å². The Hall–Kier alpha value is -3.48. The number of hydrogen-bond donors (Lipinski definition) is 1. The molecule has 0 atom stereocenters. The lowest BCUT2D eigenvalue weighted by atomic mass is 10.2. The second-order valence-corrected chi connectivity index (χ2v) is 5.58. The van der Waals surface area contributed by atoms with Crippen LogP contribution in [-0.2, 0) is 6.54 Å². The van der Waals surface area contributed by atoms with E-state index in [1.54, 1.807) is 29.2 Å². The first-order valence-electron chi connectivity index (χ1n) is 7.79. The van der Waals surface area contributed by atoms with E-state index in [4.69, 9.17) is 4.42 Å². The maximum Gasteiger partial charge on any atom is 0.257 e. The Morgan fingerprint density at radius 2 is 2.12 bits per heavy atom. The summed E-state index contributed by atoms with van der Waals surface area (Å²) in [6.45, 7) is 2.27. The number of carbonyl (C=O) groups excluding carboxylic acids is 1. The highest BCUT2D eigenvalue weighted by molar-refractivity contribution is 5.99. The van der Waals surface area contributed by atoms with E-state index in [9.17, 15) is 4.79 Å². The van der Waals surface area contributed by atoms with Gasteiger partial charge in [-0.2, -0.15) is 5.10 Å². The van der Waals surface area contributed by atoms with Crippen LogP contribution in [-0.4, -0.2) is 25.5 Å². The van der Waals surface area contributed by atoms with Crippen LogP contribution in [0.5, 0.6) is 0 Å². The Kier molecular flexibility index (Phi) is 3.74. The quantitative estimate of drug-likeness (QED) is 0.620. The van der Waals surface area contributed by atoms with Gasteiger partial charge in [-0.1, -0.05) is 6.07 Å². The van der Waals surface area contributed by atoms with Gasteiger partial charge < -0.3 is 9.73 Å². The minimum absolute atomic E-state index is 0.237. The highest BCUT2D eigenvalue weighted by atomic mass is 16.3. The summed E-state index contributed by atoms with van der Waals surface area (Å²) in [5.74, 6) is 1.25. The first-order valence-corrected chi connectivity index (χ1v) is 7.79. The fourth-order valence-corrected chi connectivity index (χ4v) is 2.59. The van der Waals surface area contributed by atoms with E-state index in [0.717, 1.165) is 17.0 Å². The van der Waals surface area contributed by atoms with Crippen molar-refractivity contribution in [3.8, 4) is 11.5 Å². The molecule has 0 bridgehead atoms. The van der Waals surface area contributed by atoms with Crippen LogP contribution in [0.2, 0.25) is 0 Å². The molecular formula is C18H15N5O2. The summed E-state index contributed by atoms with van der Waals surface area (Å²) in [4.78, 5) is 20.8. The molecule has 0 aromatic carbocycles. The summed E-state index contributed by atoms with van der Waals surface area (Å²) in [5.41, 5.74) is 2.56. The SMILES string of the molecule is Cc1ccc(-c2ccnc3c(C(=O)NCc4cccnc4)cnn23)o1. The van der Waals surface area contributed by atoms with E-state index in [-0.39, 0.29) is 5.91 Å². The van der Waals surface area contributed by atoms with Gasteiger partial charge >= 0.3 is 0 Å². The second-order valence-electron chi connectivity index (χ2n) is 5.58. The minimum Gasteiger partial charge on any atom is -0.460 e. The molecule has 1 amide bonds. The molecule has 0 aliphatic heterocycles. The molecule has 124 valence electrons. The highest BCUT2D eigenvalue weighted by Gasteiger charge is 2.17. The first kappa shape index (κ1) is 15.1. The standard InChI is InChI=1S/C18H15N5O2/c1-12-4-5-16(25-12)15-6-8-20-17-14(11-22-23(15)17)18(24)21-10-13-3-2-7-19-9-13/h2-9,11H,10H2,1H3,(H,21,24). The molecule has 1 N–H and O–H groups in total. The zero-order chi connectivity index (χ0) is 17.2. The van der Waals surface area contributed by atoms with Crippen LogP contribution in [0.15, 0.2) is 59.5 Å². The van der Waals surface area contributed by atoms with Gasteiger partial charge in [0, 0.05) is 25.1 Å². The fourth-order valence-electron chi connectivity index (χ4n) is 2.59. The van der Waals surface area contributed by atoms with Crippen molar-refractivity contribution in [3.63, 3.8) is 0 Å². The van der Waals surface area contributed by atoms with Crippen molar-refractivity contribution in [3.05, 3.63) is 72.0 Å². The van der Waals surface area contributed by atoms with Crippen molar-refractivity contribution in [2.24, 2.45) is 0 Å². The van der Waals surface area contributed by atoms with Crippen LogP contribution in [0.4, 0.5) is 0 Å². The van der Waals surface area contributed by atoms with Crippen LogP contribution in [0.25, 0.3) is 17.1 Å². The smallest absolute Gasteiger partial charge is 0.257 e. The number of hydrogen-bond acceptors (Lipinski definition) is 5. The Morgan fingerprint density at radius 3 is 2.88 bits per heavy atom. The molecular weight excluding hydrogens is 318 g/mol. The number of rotatable bonds is 4. The van der Waals surface area contributed by atoms with E-state index in [2.05, 4.69) is 20.4 Å². The van der Waals surface area contributed by atoms with Crippen LogP contribution in [0.1, 0.15) is 21.7 Å². The number of furan rings is 1. The van der Waals surface area contributed by atoms with Crippen molar-refractivity contribution in [2.75, 3.05) is 0 Å². The molecule has 0 spiro atoms. The molecule has 4 rings (SSSR count). The number of amides is 1. The van der Waals surface area contributed by atoms with Gasteiger partial charge in [-0.25, -0.2) is 9.50 Å². The summed E-state index contributed by atoms with van der Waals surface area (Å²) in [6.07, 6.45) is 6.56. The Labute approximate surface area is 143 Å². The predicted octanol–water partition coefficient (Wildman–Crippen LogP) is 2.62. The van der Waals surface area contributed by atoms with E-state index in [1.807, 2.05) is 31.2 Å². The number of fused-ring (bicyclic) bond motifs is 1. The lowest BCUT2D eigenvalue weighted by molar-refractivity contribution is 0.0952. The number of carbonyl (C=O) groups is 1. The predicted molar refractivity (Wildman–Crippen MR) is 90.8 cm³/mol. The molecule has 0 unspecified atom stereocenters. The van der Waals surface area contributed by atoms with Crippen molar-refractivity contribution in [1.82, 2.24) is 24.9 Å². The van der Waals surface area contributed by atoms with E-state index < -0.39 is 0 Å². The van der Waals surface area contributed by atoms with Crippen LogP contribution in [0.3, 0.4) is 0 Å². The summed E-state index contributed by atoms with van der Waals surface area (Å²) in [6, 6.07) is 9.28. The van der Waals surface area contributed by atoms with E-state index in [1.165, 1.54) is 6.20 Å². The number of pyridine rings is 1.